The highest BCUT2D eigenvalue weighted by atomic mass is 32.2. The van der Waals surface area contributed by atoms with Gasteiger partial charge in [0.15, 0.2) is 11.0 Å². The first-order valence-electron chi connectivity index (χ1n) is 11.3. The summed E-state index contributed by atoms with van der Waals surface area (Å²) in [7, 11) is -2.14. The Morgan fingerprint density at radius 3 is 2.41 bits per heavy atom. The molecule has 184 valence electrons. The van der Waals surface area contributed by atoms with Crippen molar-refractivity contribution in [2.75, 3.05) is 45.9 Å². The topological polar surface area (TPSA) is 136 Å². The van der Waals surface area contributed by atoms with Gasteiger partial charge in [-0.25, -0.2) is 23.1 Å². The molecule has 0 saturated carbocycles. The van der Waals surface area contributed by atoms with Gasteiger partial charge in [-0.05, 0) is 26.5 Å². The fourth-order valence-electron chi connectivity index (χ4n) is 3.91. The molecule has 1 N–H and O–H groups in total. The summed E-state index contributed by atoms with van der Waals surface area (Å²) < 4.78 is 40.9. The van der Waals surface area contributed by atoms with Crippen LogP contribution >= 0.6 is 0 Å². The van der Waals surface area contributed by atoms with Crippen LogP contribution in [0.25, 0.3) is 22.4 Å². The predicted octanol–water partition coefficient (Wildman–Crippen LogP) is 0.842. The first-order chi connectivity index (χ1) is 16.3. The van der Waals surface area contributed by atoms with E-state index in [1.54, 1.807) is 14.0 Å². The Labute approximate surface area is 197 Å². The number of likely N-dealkylation sites (N-methyl/N-ethyl adjacent to an activating group) is 1. The zero-order chi connectivity index (χ0) is 24.5. The molecular formula is C21H29N7O5S. The molecule has 0 atom stereocenters. The van der Waals surface area contributed by atoms with Gasteiger partial charge in [-0.3, -0.25) is 4.79 Å². The van der Waals surface area contributed by atoms with E-state index in [2.05, 4.69) is 31.9 Å². The van der Waals surface area contributed by atoms with Crippen molar-refractivity contribution in [1.82, 2.24) is 33.9 Å². The highest BCUT2D eigenvalue weighted by molar-refractivity contribution is 7.89. The van der Waals surface area contributed by atoms with Crippen molar-refractivity contribution < 1.29 is 17.9 Å². The summed E-state index contributed by atoms with van der Waals surface area (Å²) in [5.74, 6) is 0.630. The lowest BCUT2D eigenvalue weighted by molar-refractivity contribution is 0.196. The molecule has 0 spiro atoms. The Hall–Kier alpha value is -3.03. The van der Waals surface area contributed by atoms with Gasteiger partial charge in [0, 0.05) is 33.2 Å². The molecule has 12 nitrogen and oxygen atoms in total. The molecule has 0 bridgehead atoms. The van der Waals surface area contributed by atoms with E-state index in [9.17, 15) is 13.2 Å². The monoisotopic (exact) mass is 491 g/mol. The summed E-state index contributed by atoms with van der Waals surface area (Å²) >= 11 is 0. The van der Waals surface area contributed by atoms with Gasteiger partial charge in [0.2, 0.25) is 21.8 Å². The number of sulfonamides is 1. The number of hydrogen-bond acceptors (Lipinski definition) is 9. The molecular weight excluding hydrogens is 462 g/mol. The Kier molecular flexibility index (Phi) is 6.86. The molecule has 3 aromatic rings. The van der Waals surface area contributed by atoms with Gasteiger partial charge in [0.25, 0.3) is 5.56 Å². The quantitative estimate of drug-likeness (QED) is 0.486. The van der Waals surface area contributed by atoms with Crippen molar-refractivity contribution in [3.63, 3.8) is 0 Å². The van der Waals surface area contributed by atoms with E-state index in [0.717, 1.165) is 6.54 Å². The molecule has 0 unspecified atom stereocenters. The summed E-state index contributed by atoms with van der Waals surface area (Å²) in [5, 5.41) is 4.19. The molecule has 34 heavy (non-hydrogen) atoms. The second kappa shape index (κ2) is 9.68. The van der Waals surface area contributed by atoms with E-state index < -0.39 is 15.6 Å². The van der Waals surface area contributed by atoms with Gasteiger partial charge >= 0.3 is 0 Å². The molecule has 0 aromatic carbocycles. The SMILES string of the molecule is CCOc1ncc(S(=O)(=O)N2CCN(CC)CC2)cc1-c1nc2c(OCC)n(C)nc2c(=O)[nH]1. The highest BCUT2D eigenvalue weighted by Crippen LogP contribution is 2.31. The second-order valence-electron chi connectivity index (χ2n) is 7.77. The number of fused-ring (bicyclic) bond motifs is 1. The fourth-order valence-corrected chi connectivity index (χ4v) is 5.31. The molecule has 0 radical (unpaired) electrons. The molecule has 1 saturated heterocycles. The maximum atomic E-state index is 13.4. The Bertz CT molecular complexity index is 1340. The molecule has 1 aliphatic rings. The van der Waals surface area contributed by atoms with Crippen LogP contribution in [0.15, 0.2) is 22.0 Å². The lowest BCUT2D eigenvalue weighted by Crippen LogP contribution is -2.48. The fraction of sp³-hybridized carbons (Fsp3) is 0.524. The molecule has 13 heteroatoms. The number of aryl methyl sites for hydroxylation is 1. The van der Waals surface area contributed by atoms with Gasteiger partial charge in [0.1, 0.15) is 10.7 Å². The number of piperazine rings is 1. The Balaban J connectivity index is 1.82. The van der Waals surface area contributed by atoms with E-state index in [0.29, 0.717) is 45.3 Å². The third-order valence-corrected chi connectivity index (χ3v) is 7.56. The zero-order valence-electron chi connectivity index (χ0n) is 19.7. The first kappa shape index (κ1) is 24.1. The maximum Gasteiger partial charge on any atom is 0.279 e. The van der Waals surface area contributed by atoms with Crippen LogP contribution in [0.5, 0.6) is 11.8 Å². The average molecular weight is 492 g/mol. The van der Waals surface area contributed by atoms with Crippen molar-refractivity contribution in [2.45, 2.75) is 25.7 Å². The lowest BCUT2D eigenvalue weighted by atomic mass is 10.2. The third kappa shape index (κ3) is 4.38. The second-order valence-corrected chi connectivity index (χ2v) is 9.71. The van der Waals surface area contributed by atoms with Gasteiger partial charge in [-0.1, -0.05) is 6.92 Å². The van der Waals surface area contributed by atoms with Crippen molar-refractivity contribution in [1.29, 1.82) is 0 Å². The molecule has 0 amide bonds. The average Bonchev–Trinajstić information content (AvgIpc) is 3.15. The van der Waals surface area contributed by atoms with Crippen molar-refractivity contribution in [2.24, 2.45) is 7.05 Å². The number of pyridine rings is 1. The van der Waals surface area contributed by atoms with Crippen LogP contribution in [0, 0.1) is 0 Å². The largest absolute Gasteiger partial charge is 0.477 e. The van der Waals surface area contributed by atoms with Crippen LogP contribution in [0.2, 0.25) is 0 Å². The highest BCUT2D eigenvalue weighted by Gasteiger charge is 2.30. The number of aromatic nitrogens is 5. The zero-order valence-corrected chi connectivity index (χ0v) is 20.6. The van der Waals surface area contributed by atoms with Crippen LogP contribution < -0.4 is 15.0 Å². The van der Waals surface area contributed by atoms with Gasteiger partial charge in [0.05, 0.1) is 25.0 Å². The minimum Gasteiger partial charge on any atom is -0.477 e. The van der Waals surface area contributed by atoms with Gasteiger partial charge in [-0.2, -0.15) is 9.40 Å². The number of H-pyrrole nitrogens is 1. The number of nitrogens with one attached hydrogen (secondary N) is 1. The summed E-state index contributed by atoms with van der Waals surface area (Å²) in [6.07, 6.45) is 1.28. The number of hydrogen-bond donors (Lipinski definition) is 1. The van der Waals surface area contributed by atoms with Crippen LogP contribution in [0.4, 0.5) is 0 Å². The normalized spacial score (nSPS) is 15.6. The summed E-state index contributed by atoms with van der Waals surface area (Å²) in [5.41, 5.74) is 0.182. The summed E-state index contributed by atoms with van der Waals surface area (Å²) in [4.78, 5) is 26.5. The van der Waals surface area contributed by atoms with E-state index in [1.165, 1.54) is 21.3 Å². The first-order valence-corrected chi connectivity index (χ1v) is 12.7. The van der Waals surface area contributed by atoms with E-state index in [4.69, 9.17) is 9.47 Å². The van der Waals surface area contributed by atoms with Crippen LogP contribution in [-0.2, 0) is 17.1 Å². The smallest absolute Gasteiger partial charge is 0.279 e. The Morgan fingerprint density at radius 2 is 1.76 bits per heavy atom. The third-order valence-electron chi connectivity index (χ3n) is 5.70. The molecule has 0 aliphatic carbocycles. The van der Waals surface area contributed by atoms with E-state index >= 15 is 0 Å². The number of nitrogens with zero attached hydrogens (tertiary/aromatic N) is 6. The van der Waals surface area contributed by atoms with Crippen LogP contribution in [-0.4, -0.2) is 88.3 Å². The molecule has 4 rings (SSSR count). The molecule has 1 aliphatic heterocycles. The van der Waals surface area contributed by atoms with Crippen molar-refractivity contribution in [3.05, 3.63) is 22.6 Å². The van der Waals surface area contributed by atoms with E-state index in [1.807, 2.05) is 6.92 Å². The molecule has 1 fully saturated rings. The minimum absolute atomic E-state index is 0.00913. The van der Waals surface area contributed by atoms with Crippen LogP contribution in [0.3, 0.4) is 0 Å². The summed E-state index contributed by atoms with van der Waals surface area (Å²) in [6, 6.07) is 1.44. The predicted molar refractivity (Wildman–Crippen MR) is 126 cm³/mol. The number of rotatable bonds is 8. The van der Waals surface area contributed by atoms with Crippen molar-refractivity contribution in [3.8, 4) is 23.1 Å². The van der Waals surface area contributed by atoms with Gasteiger partial charge in [-0.15, -0.1) is 0 Å². The summed E-state index contributed by atoms with van der Waals surface area (Å²) in [6.45, 7) is 9.33. The number of aromatic amines is 1. The number of ether oxygens (including phenoxy) is 2. The van der Waals surface area contributed by atoms with Crippen molar-refractivity contribution >= 4 is 21.1 Å². The Morgan fingerprint density at radius 1 is 1.06 bits per heavy atom. The minimum atomic E-state index is -3.79. The van der Waals surface area contributed by atoms with E-state index in [-0.39, 0.29) is 33.2 Å². The molecule has 4 heterocycles. The lowest BCUT2D eigenvalue weighted by Gasteiger charge is -2.33. The molecule has 3 aromatic heterocycles. The van der Waals surface area contributed by atoms with Crippen LogP contribution in [0.1, 0.15) is 20.8 Å². The maximum absolute atomic E-state index is 13.4. The standard InChI is InChI=1S/C21H29N7O5S/c1-5-27-8-10-28(11-9-27)34(30,31)14-12-15(20(22-13-14)32-6-2)18-23-17-16(19(29)24-18)25-26(4)21(17)33-7-3/h12-13H,5-11H2,1-4H3,(H,23,24,29). The van der Waals surface area contributed by atoms with Gasteiger partial charge < -0.3 is 19.4 Å².